The molecule has 0 bridgehead atoms. The minimum Gasteiger partial charge on any atom is -0.476 e. The molecular formula is C11H10F3N5O2. The van der Waals surface area contributed by atoms with Crippen molar-refractivity contribution in [3.05, 3.63) is 36.2 Å². The van der Waals surface area contributed by atoms with Crippen LogP contribution in [0, 0.1) is 0 Å². The molecule has 7 nitrogen and oxygen atoms in total. The van der Waals surface area contributed by atoms with Crippen LogP contribution in [0.2, 0.25) is 0 Å². The number of aromatic nitrogens is 4. The Bertz CT molecular complexity index is 641. The molecule has 0 aliphatic carbocycles. The van der Waals surface area contributed by atoms with Gasteiger partial charge in [-0.25, -0.2) is 19.7 Å². The Balaban J connectivity index is 1.92. The van der Waals surface area contributed by atoms with Gasteiger partial charge in [0.25, 0.3) is 0 Å². The Morgan fingerprint density at radius 2 is 2.14 bits per heavy atom. The fraction of sp³-hybridized carbons (Fsp3) is 0.273. The lowest BCUT2D eigenvalue weighted by Crippen LogP contribution is -2.14. The van der Waals surface area contributed by atoms with E-state index in [1.807, 2.05) is 0 Å². The van der Waals surface area contributed by atoms with Crippen LogP contribution in [0.5, 0.6) is 0 Å². The van der Waals surface area contributed by atoms with Gasteiger partial charge in [-0.3, -0.25) is 0 Å². The maximum Gasteiger partial charge on any atom is 0.433 e. The number of hydrogen-bond donors (Lipinski definition) is 2. The van der Waals surface area contributed by atoms with Crippen molar-refractivity contribution >= 4 is 11.9 Å². The number of carboxylic acid groups (broad SMARTS) is 1. The maximum atomic E-state index is 12.4. The van der Waals surface area contributed by atoms with Crippen LogP contribution in [0.3, 0.4) is 0 Å². The second-order valence-corrected chi connectivity index (χ2v) is 3.99. The SMILES string of the molecule is O=C(O)c1cn(CCNc2nccc(C(F)(F)F)n2)cn1. The molecule has 0 spiro atoms. The van der Waals surface area contributed by atoms with E-state index >= 15 is 0 Å². The highest BCUT2D eigenvalue weighted by atomic mass is 19.4. The first kappa shape index (κ1) is 14.8. The summed E-state index contributed by atoms with van der Waals surface area (Å²) in [6, 6.07) is 0.778. The van der Waals surface area contributed by atoms with Crippen molar-refractivity contribution in [2.45, 2.75) is 12.7 Å². The minimum absolute atomic E-state index is 0.106. The van der Waals surface area contributed by atoms with E-state index in [0.29, 0.717) is 6.54 Å². The third-order valence-corrected chi connectivity index (χ3v) is 2.45. The molecule has 0 aromatic carbocycles. The molecule has 10 heteroatoms. The predicted molar refractivity (Wildman–Crippen MR) is 64.7 cm³/mol. The van der Waals surface area contributed by atoms with E-state index < -0.39 is 17.8 Å². The number of carboxylic acids is 1. The van der Waals surface area contributed by atoms with Crippen LogP contribution in [0.4, 0.5) is 19.1 Å². The van der Waals surface area contributed by atoms with Gasteiger partial charge in [0.2, 0.25) is 5.95 Å². The molecule has 2 heterocycles. The second-order valence-electron chi connectivity index (χ2n) is 3.99. The second kappa shape index (κ2) is 5.77. The van der Waals surface area contributed by atoms with Crippen LogP contribution in [-0.2, 0) is 12.7 Å². The average Bonchev–Trinajstić information content (AvgIpc) is 2.87. The number of imidazole rings is 1. The summed E-state index contributed by atoms with van der Waals surface area (Å²) in [4.78, 5) is 21.3. The van der Waals surface area contributed by atoms with E-state index in [0.717, 1.165) is 12.3 Å². The van der Waals surface area contributed by atoms with Crippen molar-refractivity contribution in [1.29, 1.82) is 0 Å². The molecule has 2 N–H and O–H groups in total. The molecular weight excluding hydrogens is 291 g/mol. The molecule has 21 heavy (non-hydrogen) atoms. The molecule has 0 saturated heterocycles. The summed E-state index contributed by atoms with van der Waals surface area (Å²) < 4.78 is 38.8. The highest BCUT2D eigenvalue weighted by molar-refractivity contribution is 5.84. The third-order valence-electron chi connectivity index (χ3n) is 2.45. The smallest absolute Gasteiger partial charge is 0.433 e. The molecule has 0 fully saturated rings. The van der Waals surface area contributed by atoms with E-state index in [1.54, 1.807) is 0 Å². The lowest BCUT2D eigenvalue weighted by Gasteiger charge is -2.08. The zero-order chi connectivity index (χ0) is 15.5. The number of carbonyl (C=O) groups is 1. The van der Waals surface area contributed by atoms with Crippen molar-refractivity contribution in [3.63, 3.8) is 0 Å². The molecule has 2 aromatic heterocycles. The fourth-order valence-electron chi connectivity index (χ4n) is 1.49. The summed E-state index contributed by atoms with van der Waals surface area (Å²) in [7, 11) is 0. The van der Waals surface area contributed by atoms with Crippen LogP contribution in [0.15, 0.2) is 24.8 Å². The molecule has 112 valence electrons. The number of hydrogen-bond acceptors (Lipinski definition) is 5. The topological polar surface area (TPSA) is 92.9 Å². The molecule has 2 aromatic rings. The summed E-state index contributed by atoms with van der Waals surface area (Å²) in [5.41, 5.74) is -1.14. The van der Waals surface area contributed by atoms with Crippen LogP contribution >= 0.6 is 0 Å². The maximum absolute atomic E-state index is 12.4. The number of nitrogens with zero attached hydrogens (tertiary/aromatic N) is 4. The molecule has 0 amide bonds. The van der Waals surface area contributed by atoms with Crippen molar-refractivity contribution < 1.29 is 23.1 Å². The quantitative estimate of drug-likeness (QED) is 0.869. The standard InChI is InChI=1S/C11H10F3N5O2/c12-11(13,14)8-1-2-15-10(18-8)16-3-4-19-5-7(9(20)21)17-6-19/h1-2,5-6H,3-4H2,(H,20,21)(H,15,16,18). The Morgan fingerprint density at radius 3 is 2.76 bits per heavy atom. The summed E-state index contributed by atoms with van der Waals surface area (Å²) in [6.07, 6.45) is -0.882. The van der Waals surface area contributed by atoms with Crippen molar-refractivity contribution in [1.82, 2.24) is 19.5 Å². The third kappa shape index (κ3) is 3.91. The molecule has 0 radical (unpaired) electrons. The molecule has 0 saturated carbocycles. The van der Waals surface area contributed by atoms with E-state index in [4.69, 9.17) is 5.11 Å². The highest BCUT2D eigenvalue weighted by Crippen LogP contribution is 2.27. The van der Waals surface area contributed by atoms with Gasteiger partial charge in [0.05, 0.1) is 6.33 Å². The largest absolute Gasteiger partial charge is 0.476 e. The van der Waals surface area contributed by atoms with Crippen LogP contribution in [-0.4, -0.2) is 37.1 Å². The molecule has 0 atom stereocenters. The monoisotopic (exact) mass is 301 g/mol. The summed E-state index contributed by atoms with van der Waals surface area (Å²) >= 11 is 0. The molecule has 0 aliphatic heterocycles. The van der Waals surface area contributed by atoms with Crippen molar-refractivity contribution in [3.8, 4) is 0 Å². The summed E-state index contributed by atoms with van der Waals surface area (Å²) in [5.74, 6) is -1.30. The van der Waals surface area contributed by atoms with E-state index in [9.17, 15) is 18.0 Å². The molecule has 2 rings (SSSR count). The van der Waals surface area contributed by atoms with Gasteiger partial charge in [0.15, 0.2) is 5.69 Å². The predicted octanol–water partition coefficient (Wildman–Crippen LogP) is 1.50. The number of nitrogens with one attached hydrogen (secondary N) is 1. The Hall–Kier alpha value is -2.65. The van der Waals surface area contributed by atoms with E-state index in [1.165, 1.54) is 17.1 Å². The average molecular weight is 301 g/mol. The van der Waals surface area contributed by atoms with Gasteiger partial charge in [-0.1, -0.05) is 0 Å². The number of anilines is 1. The number of rotatable bonds is 5. The Labute approximate surface area is 116 Å². The zero-order valence-corrected chi connectivity index (χ0v) is 10.5. The van der Waals surface area contributed by atoms with Gasteiger partial charge in [0, 0.05) is 25.5 Å². The van der Waals surface area contributed by atoms with Gasteiger partial charge in [-0.05, 0) is 6.07 Å². The van der Waals surface area contributed by atoms with Crippen LogP contribution in [0.25, 0.3) is 0 Å². The van der Waals surface area contributed by atoms with Gasteiger partial charge < -0.3 is 15.0 Å². The van der Waals surface area contributed by atoms with Gasteiger partial charge in [0.1, 0.15) is 5.69 Å². The van der Waals surface area contributed by atoms with Crippen molar-refractivity contribution in [2.24, 2.45) is 0 Å². The number of halogens is 3. The van der Waals surface area contributed by atoms with Gasteiger partial charge in [-0.2, -0.15) is 13.2 Å². The highest BCUT2D eigenvalue weighted by Gasteiger charge is 2.32. The van der Waals surface area contributed by atoms with Crippen molar-refractivity contribution in [2.75, 3.05) is 11.9 Å². The van der Waals surface area contributed by atoms with Crippen LogP contribution in [0.1, 0.15) is 16.2 Å². The first-order valence-corrected chi connectivity index (χ1v) is 5.75. The van der Waals surface area contributed by atoms with Gasteiger partial charge in [-0.15, -0.1) is 0 Å². The Morgan fingerprint density at radius 1 is 1.38 bits per heavy atom. The summed E-state index contributed by atoms with van der Waals surface area (Å²) in [5, 5.41) is 11.3. The van der Waals surface area contributed by atoms with Crippen LogP contribution < -0.4 is 5.32 Å². The van der Waals surface area contributed by atoms with E-state index in [2.05, 4.69) is 20.3 Å². The zero-order valence-electron chi connectivity index (χ0n) is 10.5. The molecule has 0 aliphatic rings. The van der Waals surface area contributed by atoms with E-state index in [-0.39, 0.29) is 18.2 Å². The first-order valence-electron chi connectivity index (χ1n) is 5.75. The summed E-state index contributed by atoms with van der Waals surface area (Å²) in [6.45, 7) is 0.524. The lowest BCUT2D eigenvalue weighted by atomic mass is 10.4. The van der Waals surface area contributed by atoms with Gasteiger partial charge >= 0.3 is 12.1 Å². The number of alkyl halides is 3. The first-order chi connectivity index (χ1) is 9.86. The Kier molecular flexibility index (Phi) is 4.05. The normalized spacial score (nSPS) is 11.4. The fourth-order valence-corrected chi connectivity index (χ4v) is 1.49. The number of aromatic carboxylic acids is 1. The minimum atomic E-state index is -4.53. The molecule has 0 unspecified atom stereocenters. The lowest BCUT2D eigenvalue weighted by molar-refractivity contribution is -0.141.